The van der Waals surface area contributed by atoms with Gasteiger partial charge in [0.25, 0.3) is 5.91 Å². The van der Waals surface area contributed by atoms with Crippen molar-refractivity contribution in [2.75, 3.05) is 13.1 Å². The second-order valence-electron chi connectivity index (χ2n) is 6.17. The molecule has 0 bridgehead atoms. The summed E-state index contributed by atoms with van der Waals surface area (Å²) in [7, 11) is 1.78. The van der Waals surface area contributed by atoms with Crippen LogP contribution in [0.15, 0.2) is 54.7 Å². The van der Waals surface area contributed by atoms with Crippen molar-refractivity contribution in [3.05, 3.63) is 65.4 Å². The molecule has 3 aromatic rings. The summed E-state index contributed by atoms with van der Waals surface area (Å²) in [4.78, 5) is 18.6. The van der Waals surface area contributed by atoms with Crippen molar-refractivity contribution in [2.24, 2.45) is 7.05 Å². The summed E-state index contributed by atoms with van der Waals surface area (Å²) < 4.78 is 7.36. The molecule has 0 unspecified atom stereocenters. The number of hydrogen-bond acceptors (Lipinski definition) is 4. The van der Waals surface area contributed by atoms with Crippen molar-refractivity contribution in [1.29, 1.82) is 0 Å². The first-order chi connectivity index (χ1) is 12.6. The van der Waals surface area contributed by atoms with Gasteiger partial charge in [0.2, 0.25) is 5.88 Å². The molecule has 4 rings (SSSR count). The molecule has 1 fully saturated rings. The number of aromatic nitrogens is 3. The van der Waals surface area contributed by atoms with Crippen molar-refractivity contribution in [3.63, 3.8) is 0 Å². The van der Waals surface area contributed by atoms with E-state index < -0.39 is 0 Å². The first kappa shape index (κ1) is 16.6. The van der Waals surface area contributed by atoms with Gasteiger partial charge in [-0.3, -0.25) is 9.48 Å². The molecule has 1 aliphatic heterocycles. The van der Waals surface area contributed by atoms with Crippen molar-refractivity contribution < 1.29 is 9.53 Å². The second-order valence-corrected chi connectivity index (χ2v) is 6.61. The van der Waals surface area contributed by atoms with Crippen LogP contribution in [0.25, 0.3) is 11.3 Å². The number of nitrogens with zero attached hydrogens (tertiary/aromatic N) is 4. The number of halogens is 1. The summed E-state index contributed by atoms with van der Waals surface area (Å²) in [5, 5.41) is 5.02. The molecule has 0 saturated carbocycles. The van der Waals surface area contributed by atoms with Crippen LogP contribution in [0.2, 0.25) is 5.02 Å². The molecule has 1 aliphatic rings. The lowest BCUT2D eigenvalue weighted by Crippen LogP contribution is -2.56. The Hall–Kier alpha value is -2.86. The Balaban J connectivity index is 1.40. The van der Waals surface area contributed by atoms with Gasteiger partial charge in [0, 0.05) is 24.9 Å². The van der Waals surface area contributed by atoms with Crippen LogP contribution in [0.5, 0.6) is 5.88 Å². The predicted octanol–water partition coefficient (Wildman–Crippen LogP) is 3.04. The monoisotopic (exact) mass is 368 g/mol. The number of likely N-dealkylation sites (tertiary alicyclic amines) is 1. The summed E-state index contributed by atoms with van der Waals surface area (Å²) in [5.74, 6) is 0.462. The maximum Gasteiger partial charge on any atom is 0.272 e. The molecule has 0 radical (unpaired) electrons. The molecule has 2 aromatic heterocycles. The third kappa shape index (κ3) is 3.28. The summed E-state index contributed by atoms with van der Waals surface area (Å²) in [6, 6.07) is 15.1. The summed E-state index contributed by atoms with van der Waals surface area (Å²) in [6.45, 7) is 1.05. The zero-order valence-corrected chi connectivity index (χ0v) is 14.9. The Morgan fingerprint density at radius 3 is 2.65 bits per heavy atom. The molecule has 1 amide bonds. The number of carbonyl (C=O) groups is 1. The molecule has 0 spiro atoms. The maximum atomic E-state index is 12.7. The average Bonchev–Trinajstić information content (AvgIpc) is 3.01. The van der Waals surface area contributed by atoms with Crippen LogP contribution in [0.4, 0.5) is 0 Å². The van der Waals surface area contributed by atoms with Crippen molar-refractivity contribution >= 4 is 17.5 Å². The van der Waals surface area contributed by atoms with Crippen molar-refractivity contribution in [3.8, 4) is 17.1 Å². The lowest BCUT2D eigenvalue weighted by atomic mass is 10.1. The molecule has 0 aliphatic carbocycles. The van der Waals surface area contributed by atoms with Crippen LogP contribution in [0, 0.1) is 0 Å². The maximum absolute atomic E-state index is 12.7. The SMILES string of the molecule is Cn1nc(-c2ccccc2)cc1C(=O)N1CC(Oc2ccc(Cl)cn2)C1. The van der Waals surface area contributed by atoms with E-state index in [9.17, 15) is 4.79 Å². The molecule has 0 N–H and O–H groups in total. The molecule has 1 saturated heterocycles. The normalized spacial score (nSPS) is 14.2. The standard InChI is InChI=1S/C19H17ClN4O2/c1-23-17(9-16(22-23)13-5-3-2-4-6-13)19(25)24-11-15(12-24)26-18-8-7-14(20)10-21-18/h2-10,15H,11-12H2,1H3. The van der Waals surface area contributed by atoms with E-state index in [0.717, 1.165) is 11.3 Å². The average molecular weight is 369 g/mol. The minimum Gasteiger partial charge on any atom is -0.471 e. The highest BCUT2D eigenvalue weighted by atomic mass is 35.5. The molecule has 0 atom stereocenters. The second kappa shape index (κ2) is 6.80. The van der Waals surface area contributed by atoms with Gasteiger partial charge in [0.05, 0.1) is 23.8 Å². The third-order valence-electron chi connectivity index (χ3n) is 4.29. The van der Waals surface area contributed by atoms with Gasteiger partial charge in [-0.1, -0.05) is 41.9 Å². The first-order valence-electron chi connectivity index (χ1n) is 8.27. The van der Waals surface area contributed by atoms with E-state index in [-0.39, 0.29) is 12.0 Å². The number of rotatable bonds is 4. The van der Waals surface area contributed by atoms with Crippen LogP contribution < -0.4 is 4.74 Å². The quantitative estimate of drug-likeness (QED) is 0.710. The fourth-order valence-electron chi connectivity index (χ4n) is 2.86. The Bertz CT molecular complexity index is 918. The molecule has 1 aromatic carbocycles. The molecule has 6 nitrogen and oxygen atoms in total. The van der Waals surface area contributed by atoms with Crippen LogP contribution in [-0.4, -0.2) is 44.8 Å². The lowest BCUT2D eigenvalue weighted by Gasteiger charge is -2.38. The van der Waals surface area contributed by atoms with Crippen molar-refractivity contribution in [1.82, 2.24) is 19.7 Å². The highest BCUT2D eigenvalue weighted by Crippen LogP contribution is 2.22. The minimum absolute atomic E-state index is 0.0499. The zero-order chi connectivity index (χ0) is 18.1. The minimum atomic E-state index is -0.0607. The number of amides is 1. The summed E-state index contributed by atoms with van der Waals surface area (Å²) in [5.41, 5.74) is 2.34. The number of carbonyl (C=O) groups excluding carboxylic acids is 1. The Morgan fingerprint density at radius 2 is 1.96 bits per heavy atom. The largest absolute Gasteiger partial charge is 0.471 e. The van der Waals surface area contributed by atoms with Crippen LogP contribution in [0.3, 0.4) is 0 Å². The highest BCUT2D eigenvalue weighted by Gasteiger charge is 2.34. The number of hydrogen-bond donors (Lipinski definition) is 0. The number of ether oxygens (including phenoxy) is 1. The highest BCUT2D eigenvalue weighted by molar-refractivity contribution is 6.30. The molecule has 132 valence electrons. The fraction of sp³-hybridized carbons (Fsp3) is 0.211. The van der Waals surface area contributed by atoms with Gasteiger partial charge < -0.3 is 9.64 Å². The van der Waals surface area contributed by atoms with Gasteiger partial charge in [-0.25, -0.2) is 4.98 Å². The van der Waals surface area contributed by atoms with E-state index in [1.807, 2.05) is 36.4 Å². The van der Waals surface area contributed by atoms with Crippen molar-refractivity contribution in [2.45, 2.75) is 6.10 Å². The van der Waals surface area contributed by atoms with Gasteiger partial charge in [0.1, 0.15) is 11.8 Å². The molecule has 26 heavy (non-hydrogen) atoms. The Kier molecular flexibility index (Phi) is 4.34. The molecular formula is C19H17ClN4O2. The number of benzene rings is 1. The van der Waals surface area contributed by atoms with E-state index in [1.54, 1.807) is 35.0 Å². The van der Waals surface area contributed by atoms with E-state index in [4.69, 9.17) is 16.3 Å². The smallest absolute Gasteiger partial charge is 0.272 e. The van der Waals surface area contributed by atoms with Gasteiger partial charge in [-0.05, 0) is 12.1 Å². The van der Waals surface area contributed by atoms with Gasteiger partial charge in [-0.2, -0.15) is 5.10 Å². The van der Waals surface area contributed by atoms with E-state index >= 15 is 0 Å². The summed E-state index contributed by atoms with van der Waals surface area (Å²) in [6.07, 6.45) is 1.48. The fourth-order valence-corrected chi connectivity index (χ4v) is 2.97. The van der Waals surface area contributed by atoms with Gasteiger partial charge in [0.15, 0.2) is 0 Å². The molecule has 3 heterocycles. The van der Waals surface area contributed by atoms with Gasteiger partial charge >= 0.3 is 0 Å². The zero-order valence-electron chi connectivity index (χ0n) is 14.2. The molecular weight excluding hydrogens is 352 g/mol. The van der Waals surface area contributed by atoms with E-state index in [0.29, 0.717) is 29.7 Å². The van der Waals surface area contributed by atoms with E-state index in [1.165, 1.54) is 0 Å². The topological polar surface area (TPSA) is 60.2 Å². The van der Waals surface area contributed by atoms with Crippen LogP contribution in [-0.2, 0) is 7.05 Å². The van der Waals surface area contributed by atoms with E-state index in [2.05, 4.69) is 10.1 Å². The lowest BCUT2D eigenvalue weighted by molar-refractivity contribution is 0.0152. The van der Waals surface area contributed by atoms with Gasteiger partial charge in [-0.15, -0.1) is 0 Å². The third-order valence-corrected chi connectivity index (χ3v) is 4.51. The Labute approximate surface area is 156 Å². The molecule has 7 heteroatoms. The van der Waals surface area contributed by atoms with Crippen LogP contribution >= 0.6 is 11.6 Å². The number of pyridine rings is 1. The predicted molar refractivity (Wildman–Crippen MR) is 98.2 cm³/mol. The summed E-state index contributed by atoms with van der Waals surface area (Å²) >= 11 is 5.81. The van der Waals surface area contributed by atoms with Crippen LogP contribution in [0.1, 0.15) is 10.5 Å². The Morgan fingerprint density at radius 1 is 1.19 bits per heavy atom. The number of aryl methyl sites for hydroxylation is 1. The first-order valence-corrected chi connectivity index (χ1v) is 8.65.